The molecule has 2 rings (SSSR count). The van der Waals surface area contributed by atoms with Crippen molar-refractivity contribution in [2.45, 2.75) is 32.4 Å². The number of hydrogen-bond donors (Lipinski definition) is 1. The Kier molecular flexibility index (Phi) is 4.44. The largest absolute Gasteiger partial charge is 0.376 e. The summed E-state index contributed by atoms with van der Waals surface area (Å²) < 4.78 is 11.8. The van der Waals surface area contributed by atoms with Crippen LogP contribution in [-0.4, -0.2) is 35.5 Å². The van der Waals surface area contributed by atoms with Crippen LogP contribution < -0.4 is 11.2 Å². The maximum atomic E-state index is 12.3. The predicted molar refractivity (Wildman–Crippen MR) is 71.0 cm³/mol. The van der Waals surface area contributed by atoms with Gasteiger partial charge in [0.15, 0.2) is 0 Å². The van der Waals surface area contributed by atoms with E-state index in [9.17, 15) is 9.59 Å². The van der Waals surface area contributed by atoms with Crippen molar-refractivity contribution in [3.8, 4) is 0 Å². The summed E-state index contributed by atoms with van der Waals surface area (Å²) in [5.74, 6) is -0.0633. The van der Waals surface area contributed by atoms with E-state index in [-0.39, 0.29) is 29.3 Å². The maximum absolute atomic E-state index is 12.3. The lowest BCUT2D eigenvalue weighted by molar-refractivity contribution is -0.0942. The molecule has 0 saturated carbocycles. The summed E-state index contributed by atoms with van der Waals surface area (Å²) in [5.41, 5.74) is -0.468. The third-order valence-corrected chi connectivity index (χ3v) is 3.32. The van der Waals surface area contributed by atoms with Crippen molar-refractivity contribution >= 4 is 11.6 Å². The molecule has 1 N–H and O–H groups in total. The van der Waals surface area contributed by atoms with Gasteiger partial charge in [-0.25, -0.2) is 4.79 Å². The molecule has 0 aliphatic carbocycles. The molecule has 0 spiro atoms. The van der Waals surface area contributed by atoms with Gasteiger partial charge in [0.05, 0.1) is 38.0 Å². The van der Waals surface area contributed by atoms with E-state index in [1.807, 2.05) is 13.8 Å². The Balaban J connectivity index is 2.37. The van der Waals surface area contributed by atoms with Crippen molar-refractivity contribution in [2.24, 2.45) is 0 Å². The van der Waals surface area contributed by atoms with E-state index in [1.165, 1.54) is 0 Å². The number of H-pyrrole nitrogens is 1. The molecule has 1 aliphatic heterocycles. The molecule has 1 aromatic rings. The number of hydrogen-bond acceptors (Lipinski definition) is 4. The molecule has 1 aromatic heterocycles. The number of aromatic nitrogens is 2. The predicted octanol–water partition coefficient (Wildman–Crippen LogP) is 0.729. The van der Waals surface area contributed by atoms with Crippen LogP contribution in [0.4, 0.5) is 0 Å². The molecule has 1 atom stereocenters. The van der Waals surface area contributed by atoms with Crippen LogP contribution >= 0.6 is 11.6 Å². The zero-order valence-electron chi connectivity index (χ0n) is 10.9. The second-order valence-corrected chi connectivity index (χ2v) is 5.17. The van der Waals surface area contributed by atoms with Gasteiger partial charge in [-0.15, -0.1) is 0 Å². The second kappa shape index (κ2) is 5.90. The molecule has 0 bridgehead atoms. The van der Waals surface area contributed by atoms with Crippen LogP contribution in [0.3, 0.4) is 0 Å². The fourth-order valence-corrected chi connectivity index (χ4v) is 2.45. The summed E-state index contributed by atoms with van der Waals surface area (Å²) in [4.78, 5) is 26.6. The van der Waals surface area contributed by atoms with Crippen LogP contribution in [0.25, 0.3) is 0 Å². The van der Waals surface area contributed by atoms with E-state index >= 15 is 0 Å². The van der Waals surface area contributed by atoms with E-state index in [1.54, 1.807) is 0 Å². The molecule has 19 heavy (non-hydrogen) atoms. The quantitative estimate of drug-likeness (QED) is 0.832. The molecule has 1 unspecified atom stereocenters. The smallest absolute Gasteiger partial charge is 0.329 e. The fourth-order valence-electron chi connectivity index (χ4n) is 2.07. The minimum Gasteiger partial charge on any atom is -0.376 e. The highest BCUT2D eigenvalue weighted by molar-refractivity contribution is 6.30. The van der Waals surface area contributed by atoms with Gasteiger partial charge < -0.3 is 9.47 Å². The van der Waals surface area contributed by atoms with Gasteiger partial charge in [0.1, 0.15) is 5.15 Å². The summed E-state index contributed by atoms with van der Waals surface area (Å²) in [7, 11) is 0. The zero-order chi connectivity index (χ0) is 14.0. The summed E-state index contributed by atoms with van der Waals surface area (Å²) in [6, 6.07) is 0. The average Bonchev–Trinajstić information content (AvgIpc) is 2.35. The lowest BCUT2D eigenvalue weighted by atomic mass is 10.1. The van der Waals surface area contributed by atoms with Crippen molar-refractivity contribution in [1.82, 2.24) is 9.55 Å². The fraction of sp³-hybridized carbons (Fsp3) is 0.667. The van der Waals surface area contributed by atoms with Gasteiger partial charge in [0.25, 0.3) is 5.56 Å². The van der Waals surface area contributed by atoms with Gasteiger partial charge in [-0.2, -0.15) is 0 Å². The Labute approximate surface area is 115 Å². The Bertz CT molecular complexity index is 558. The Hall–Kier alpha value is -1.11. The van der Waals surface area contributed by atoms with Gasteiger partial charge in [-0.05, 0) is 5.92 Å². The van der Waals surface area contributed by atoms with Crippen molar-refractivity contribution in [3.05, 3.63) is 31.6 Å². The van der Waals surface area contributed by atoms with Crippen LogP contribution in [0.15, 0.2) is 9.59 Å². The second-order valence-electron chi connectivity index (χ2n) is 4.80. The molecule has 6 nitrogen and oxygen atoms in total. The highest BCUT2D eigenvalue weighted by Crippen LogP contribution is 2.16. The molecule has 0 amide bonds. The first-order chi connectivity index (χ1) is 9.00. The Morgan fingerprint density at radius 3 is 2.74 bits per heavy atom. The molecule has 1 fully saturated rings. The Morgan fingerprint density at radius 1 is 1.42 bits per heavy atom. The molecule has 1 saturated heterocycles. The molecular formula is C12H17ClN2O4. The number of rotatable bonds is 3. The maximum Gasteiger partial charge on any atom is 0.329 e. The third kappa shape index (κ3) is 3.08. The SMILES string of the molecule is CC(C)c1c(Cl)[nH]c(=O)n(CC2COCCO2)c1=O. The summed E-state index contributed by atoms with van der Waals surface area (Å²) >= 11 is 5.92. The number of nitrogens with one attached hydrogen (secondary N) is 1. The van der Waals surface area contributed by atoms with Crippen LogP contribution in [-0.2, 0) is 16.0 Å². The van der Waals surface area contributed by atoms with Gasteiger partial charge in [-0.3, -0.25) is 14.3 Å². The first-order valence-corrected chi connectivity index (χ1v) is 6.60. The molecule has 1 aliphatic rings. The average molecular weight is 289 g/mol. The van der Waals surface area contributed by atoms with Crippen molar-refractivity contribution in [3.63, 3.8) is 0 Å². The molecular weight excluding hydrogens is 272 g/mol. The van der Waals surface area contributed by atoms with Crippen molar-refractivity contribution in [1.29, 1.82) is 0 Å². The van der Waals surface area contributed by atoms with Crippen molar-refractivity contribution < 1.29 is 9.47 Å². The highest BCUT2D eigenvalue weighted by Gasteiger charge is 2.20. The first-order valence-electron chi connectivity index (χ1n) is 6.22. The van der Waals surface area contributed by atoms with Gasteiger partial charge in [0.2, 0.25) is 0 Å². The topological polar surface area (TPSA) is 73.3 Å². The van der Waals surface area contributed by atoms with Gasteiger partial charge in [-0.1, -0.05) is 25.4 Å². The van der Waals surface area contributed by atoms with E-state index in [0.717, 1.165) is 4.57 Å². The standard InChI is InChI=1S/C12H17ClN2O4/c1-7(2)9-10(13)14-12(17)15(11(9)16)5-8-6-18-3-4-19-8/h7-8H,3-6H2,1-2H3,(H,14,17). The van der Waals surface area contributed by atoms with E-state index in [0.29, 0.717) is 25.4 Å². The summed E-state index contributed by atoms with van der Waals surface area (Å²) in [5, 5.41) is 0.113. The highest BCUT2D eigenvalue weighted by atomic mass is 35.5. The van der Waals surface area contributed by atoms with Crippen LogP contribution in [0, 0.1) is 0 Å². The van der Waals surface area contributed by atoms with E-state index in [4.69, 9.17) is 21.1 Å². The summed E-state index contributed by atoms with van der Waals surface area (Å²) in [6.45, 7) is 5.27. The van der Waals surface area contributed by atoms with Gasteiger partial charge >= 0.3 is 5.69 Å². The molecule has 7 heteroatoms. The number of ether oxygens (including phenoxy) is 2. The lowest BCUT2D eigenvalue weighted by Crippen LogP contribution is -2.43. The number of nitrogens with zero attached hydrogens (tertiary/aromatic N) is 1. The number of halogens is 1. The monoisotopic (exact) mass is 288 g/mol. The van der Waals surface area contributed by atoms with Crippen LogP contribution in [0.5, 0.6) is 0 Å². The van der Waals surface area contributed by atoms with Crippen LogP contribution in [0.2, 0.25) is 5.15 Å². The minimum atomic E-state index is -0.520. The normalized spacial score (nSPS) is 19.9. The molecule has 0 aromatic carbocycles. The Morgan fingerprint density at radius 2 is 2.16 bits per heavy atom. The van der Waals surface area contributed by atoms with Gasteiger partial charge in [0, 0.05) is 0 Å². The molecule has 0 radical (unpaired) electrons. The van der Waals surface area contributed by atoms with E-state index in [2.05, 4.69) is 4.98 Å². The molecule has 106 valence electrons. The van der Waals surface area contributed by atoms with Crippen LogP contribution in [0.1, 0.15) is 25.3 Å². The molecule has 2 heterocycles. The zero-order valence-corrected chi connectivity index (χ0v) is 11.7. The number of aromatic amines is 1. The lowest BCUT2D eigenvalue weighted by Gasteiger charge is -2.23. The first kappa shape index (κ1) is 14.3. The summed E-state index contributed by atoms with van der Waals surface area (Å²) in [6.07, 6.45) is -0.284. The van der Waals surface area contributed by atoms with E-state index < -0.39 is 5.69 Å². The third-order valence-electron chi connectivity index (χ3n) is 3.02. The van der Waals surface area contributed by atoms with Crippen molar-refractivity contribution in [2.75, 3.05) is 19.8 Å². The minimum absolute atomic E-state index is 0.0633.